The number of nitro benzene ring substituents is 1. The van der Waals surface area contributed by atoms with Gasteiger partial charge in [0, 0.05) is 18.7 Å². The lowest BCUT2D eigenvalue weighted by atomic mass is 9.96. The summed E-state index contributed by atoms with van der Waals surface area (Å²) >= 11 is 0. The number of carbonyl (C=O) groups is 2. The highest BCUT2D eigenvalue weighted by atomic mass is 19.3. The van der Waals surface area contributed by atoms with Crippen LogP contribution in [0.5, 0.6) is 0 Å². The number of fused-ring (bicyclic) bond motifs is 1. The average Bonchev–Trinajstić information content (AvgIpc) is 2.41. The highest BCUT2D eigenvalue weighted by Gasteiger charge is 2.55. The van der Waals surface area contributed by atoms with Gasteiger partial charge in [-0.25, -0.2) is 0 Å². The number of hydrogen-bond donors (Lipinski definition) is 0. The molecule has 0 saturated carbocycles. The number of nitro groups is 1. The molecule has 1 aromatic carbocycles. The van der Waals surface area contributed by atoms with Crippen molar-refractivity contribution in [1.82, 2.24) is 0 Å². The molecule has 8 heteroatoms. The predicted octanol–water partition coefficient (Wildman–Crippen LogP) is 2.17. The molecule has 20 heavy (non-hydrogen) atoms. The largest absolute Gasteiger partial charge is 0.386 e. The van der Waals surface area contributed by atoms with Gasteiger partial charge < -0.3 is 4.90 Å². The van der Waals surface area contributed by atoms with Gasteiger partial charge in [-0.2, -0.15) is 8.78 Å². The minimum Gasteiger partial charge on any atom is -0.306 e. The van der Waals surface area contributed by atoms with Crippen molar-refractivity contribution in [3.63, 3.8) is 0 Å². The molecule has 2 rings (SSSR count). The summed E-state index contributed by atoms with van der Waals surface area (Å²) in [6.45, 7) is 1.69. The molecule has 0 unspecified atom stereocenters. The van der Waals surface area contributed by atoms with Gasteiger partial charge >= 0.3 is 11.8 Å². The van der Waals surface area contributed by atoms with E-state index in [0.717, 1.165) is 23.1 Å². The number of ketones is 1. The number of alkyl halides is 2. The third kappa shape index (κ3) is 1.93. The Kier molecular flexibility index (Phi) is 3.24. The fourth-order valence-electron chi connectivity index (χ4n) is 2.05. The number of benzene rings is 1. The first-order chi connectivity index (χ1) is 9.30. The highest BCUT2D eigenvalue weighted by Crippen LogP contribution is 2.37. The Hall–Kier alpha value is -2.38. The molecular weight excluding hydrogens is 274 g/mol. The third-order valence-corrected chi connectivity index (χ3v) is 2.97. The van der Waals surface area contributed by atoms with Crippen molar-refractivity contribution >= 4 is 23.1 Å². The van der Waals surface area contributed by atoms with Crippen molar-refractivity contribution in [2.45, 2.75) is 19.3 Å². The monoisotopic (exact) mass is 284 g/mol. The molecule has 0 fully saturated rings. The van der Waals surface area contributed by atoms with Crippen LogP contribution in [0.3, 0.4) is 0 Å². The fraction of sp³-hybridized carbons (Fsp3) is 0.333. The molecule has 0 radical (unpaired) electrons. The maximum Gasteiger partial charge on any atom is 0.386 e. The molecule has 0 aromatic heterocycles. The molecule has 1 aliphatic rings. The van der Waals surface area contributed by atoms with Crippen LogP contribution in [0.2, 0.25) is 0 Å². The number of Topliss-reactive ketones (excluding diaryl/α,β-unsaturated/α-hetero) is 1. The standard InChI is InChI=1S/C12H10F2N2O4/c1-2-5-15-9-4-3-7(16(19)20)6-8(9)10(17)12(13,14)11(15)18/h3-4,6H,2,5H2,1H3. The van der Waals surface area contributed by atoms with E-state index in [9.17, 15) is 28.5 Å². The first-order valence-corrected chi connectivity index (χ1v) is 5.83. The van der Waals surface area contributed by atoms with Gasteiger partial charge in [0.05, 0.1) is 16.2 Å². The maximum absolute atomic E-state index is 13.7. The van der Waals surface area contributed by atoms with Crippen LogP contribution in [0.4, 0.5) is 20.2 Å². The second-order valence-electron chi connectivity index (χ2n) is 4.32. The Morgan fingerprint density at radius 3 is 2.55 bits per heavy atom. The Morgan fingerprint density at radius 1 is 1.35 bits per heavy atom. The van der Waals surface area contributed by atoms with Crippen molar-refractivity contribution in [1.29, 1.82) is 0 Å². The average molecular weight is 284 g/mol. The zero-order chi connectivity index (χ0) is 15.1. The Bertz CT molecular complexity index is 615. The van der Waals surface area contributed by atoms with Crippen molar-refractivity contribution < 1.29 is 23.3 Å². The minimum atomic E-state index is -4.18. The molecule has 0 bridgehead atoms. The number of amides is 1. The number of halogens is 2. The van der Waals surface area contributed by atoms with E-state index >= 15 is 0 Å². The van der Waals surface area contributed by atoms with E-state index in [0.29, 0.717) is 6.42 Å². The molecule has 1 amide bonds. The predicted molar refractivity (Wildman–Crippen MR) is 65.0 cm³/mol. The lowest BCUT2D eigenvalue weighted by Crippen LogP contribution is -2.53. The van der Waals surface area contributed by atoms with E-state index in [1.54, 1.807) is 6.92 Å². The fourth-order valence-corrected chi connectivity index (χ4v) is 2.05. The quantitative estimate of drug-likeness (QED) is 0.484. The van der Waals surface area contributed by atoms with Gasteiger partial charge in [-0.15, -0.1) is 0 Å². The zero-order valence-electron chi connectivity index (χ0n) is 10.4. The summed E-state index contributed by atoms with van der Waals surface area (Å²) in [5, 5.41) is 10.7. The maximum atomic E-state index is 13.7. The Morgan fingerprint density at radius 2 is 2.00 bits per heavy atom. The van der Waals surface area contributed by atoms with Crippen LogP contribution in [0.15, 0.2) is 18.2 Å². The molecule has 0 aliphatic carbocycles. The van der Waals surface area contributed by atoms with Crippen molar-refractivity contribution in [2.24, 2.45) is 0 Å². The third-order valence-electron chi connectivity index (χ3n) is 2.97. The van der Waals surface area contributed by atoms with E-state index < -0.39 is 33.8 Å². The zero-order valence-corrected chi connectivity index (χ0v) is 10.4. The van der Waals surface area contributed by atoms with Gasteiger partial charge in [-0.05, 0) is 12.5 Å². The molecule has 0 saturated heterocycles. The van der Waals surface area contributed by atoms with Gasteiger partial charge in [-0.1, -0.05) is 6.92 Å². The van der Waals surface area contributed by atoms with Gasteiger partial charge in [0.2, 0.25) is 5.78 Å². The van der Waals surface area contributed by atoms with Crippen LogP contribution >= 0.6 is 0 Å². The van der Waals surface area contributed by atoms with Crippen LogP contribution in [-0.2, 0) is 4.79 Å². The number of non-ortho nitro benzene ring substituents is 1. The summed E-state index contributed by atoms with van der Waals surface area (Å²) in [6, 6.07) is 3.00. The van der Waals surface area contributed by atoms with Gasteiger partial charge in [0.15, 0.2) is 0 Å². The molecule has 6 nitrogen and oxygen atoms in total. The summed E-state index contributed by atoms with van der Waals surface area (Å²) in [5.74, 6) is -7.48. The summed E-state index contributed by atoms with van der Waals surface area (Å²) in [6.07, 6.45) is 0.409. The minimum absolute atomic E-state index is 0.00646. The number of nitrogens with zero attached hydrogens (tertiary/aromatic N) is 2. The second-order valence-corrected chi connectivity index (χ2v) is 4.32. The molecule has 1 aliphatic heterocycles. The summed E-state index contributed by atoms with van der Waals surface area (Å²) in [4.78, 5) is 34.0. The molecule has 1 heterocycles. The summed E-state index contributed by atoms with van der Waals surface area (Å²) in [7, 11) is 0. The summed E-state index contributed by atoms with van der Waals surface area (Å²) in [5.41, 5.74) is -0.991. The number of carbonyl (C=O) groups excluding carboxylic acids is 2. The van der Waals surface area contributed by atoms with Gasteiger partial charge in [0.25, 0.3) is 5.69 Å². The van der Waals surface area contributed by atoms with Crippen molar-refractivity contribution in [3.8, 4) is 0 Å². The lowest BCUT2D eigenvalue weighted by Gasteiger charge is -2.32. The van der Waals surface area contributed by atoms with E-state index in [4.69, 9.17) is 0 Å². The number of rotatable bonds is 3. The first kappa shape index (κ1) is 14.0. The van der Waals surface area contributed by atoms with Gasteiger partial charge in [-0.3, -0.25) is 19.7 Å². The van der Waals surface area contributed by atoms with Crippen molar-refractivity contribution in [3.05, 3.63) is 33.9 Å². The molecule has 0 atom stereocenters. The first-order valence-electron chi connectivity index (χ1n) is 5.83. The molecule has 106 valence electrons. The van der Waals surface area contributed by atoms with Crippen LogP contribution in [-0.4, -0.2) is 29.1 Å². The SMILES string of the molecule is CCCN1C(=O)C(F)(F)C(=O)c2cc([N+](=O)[O-])ccc21. The Balaban J connectivity index is 2.64. The molecule has 0 N–H and O–H groups in total. The Labute approximate surface area is 112 Å². The van der Waals surface area contributed by atoms with E-state index in [1.165, 1.54) is 0 Å². The molecular formula is C12H10F2N2O4. The molecule has 0 spiro atoms. The highest BCUT2D eigenvalue weighted by molar-refractivity contribution is 6.26. The topological polar surface area (TPSA) is 80.5 Å². The normalized spacial score (nSPS) is 17.1. The van der Waals surface area contributed by atoms with E-state index in [-0.39, 0.29) is 12.2 Å². The smallest absolute Gasteiger partial charge is 0.306 e. The van der Waals surface area contributed by atoms with Crippen molar-refractivity contribution in [2.75, 3.05) is 11.4 Å². The second kappa shape index (κ2) is 4.62. The van der Waals surface area contributed by atoms with E-state index in [1.807, 2.05) is 0 Å². The van der Waals surface area contributed by atoms with E-state index in [2.05, 4.69) is 0 Å². The van der Waals surface area contributed by atoms with Crippen LogP contribution < -0.4 is 4.90 Å². The van der Waals surface area contributed by atoms with Crippen LogP contribution in [0, 0.1) is 10.1 Å². The summed E-state index contributed by atoms with van der Waals surface area (Å²) < 4.78 is 27.3. The number of hydrogen-bond acceptors (Lipinski definition) is 4. The van der Waals surface area contributed by atoms with Gasteiger partial charge in [0.1, 0.15) is 0 Å². The van der Waals surface area contributed by atoms with Crippen LogP contribution in [0.25, 0.3) is 0 Å². The van der Waals surface area contributed by atoms with Crippen LogP contribution in [0.1, 0.15) is 23.7 Å². The number of anilines is 1. The molecule has 1 aromatic rings. The lowest BCUT2D eigenvalue weighted by molar-refractivity contribution is -0.384.